The molecule has 0 atom stereocenters. The molecule has 0 radical (unpaired) electrons. The van der Waals surface area contributed by atoms with Gasteiger partial charge in [0.05, 0.1) is 25.0 Å². The van der Waals surface area contributed by atoms with Crippen LogP contribution in [0.4, 0.5) is 0 Å². The maximum Gasteiger partial charge on any atom is 0.253 e. The van der Waals surface area contributed by atoms with Crippen molar-refractivity contribution in [1.82, 2.24) is 14.7 Å². The highest BCUT2D eigenvalue weighted by molar-refractivity contribution is 5.94. The third-order valence-electron chi connectivity index (χ3n) is 4.47. The maximum atomic E-state index is 12.6. The molecule has 0 saturated carbocycles. The second-order valence-electron chi connectivity index (χ2n) is 6.64. The summed E-state index contributed by atoms with van der Waals surface area (Å²) in [5, 5.41) is 4.47. The fourth-order valence-corrected chi connectivity index (χ4v) is 2.93. The second kappa shape index (κ2) is 8.61. The number of carbonyl (C=O) groups is 1. The van der Waals surface area contributed by atoms with Crippen molar-refractivity contribution in [2.75, 3.05) is 27.3 Å². The molecule has 3 rings (SSSR count). The van der Waals surface area contributed by atoms with Crippen molar-refractivity contribution in [3.05, 3.63) is 71.5 Å². The van der Waals surface area contributed by atoms with Gasteiger partial charge in [-0.3, -0.25) is 4.79 Å². The Hall–Kier alpha value is -3.28. The Labute approximate surface area is 165 Å². The molecule has 28 heavy (non-hydrogen) atoms. The number of benzene rings is 2. The van der Waals surface area contributed by atoms with Gasteiger partial charge in [0.25, 0.3) is 5.91 Å². The zero-order chi connectivity index (χ0) is 20.1. The first kappa shape index (κ1) is 19.5. The van der Waals surface area contributed by atoms with E-state index in [9.17, 15) is 4.79 Å². The van der Waals surface area contributed by atoms with Gasteiger partial charge in [0.2, 0.25) is 0 Å². The minimum absolute atomic E-state index is 0.0433. The van der Waals surface area contributed by atoms with E-state index in [0.29, 0.717) is 18.7 Å². The molecule has 1 heterocycles. The van der Waals surface area contributed by atoms with Gasteiger partial charge >= 0.3 is 0 Å². The van der Waals surface area contributed by atoms with Crippen molar-refractivity contribution in [2.45, 2.75) is 13.8 Å². The zero-order valence-electron chi connectivity index (χ0n) is 16.7. The van der Waals surface area contributed by atoms with Crippen molar-refractivity contribution in [2.24, 2.45) is 0 Å². The van der Waals surface area contributed by atoms with Crippen molar-refractivity contribution in [1.29, 1.82) is 0 Å². The molecule has 0 spiro atoms. The Morgan fingerprint density at radius 3 is 2.25 bits per heavy atom. The first-order valence-electron chi connectivity index (χ1n) is 9.14. The lowest BCUT2D eigenvalue weighted by molar-refractivity contribution is 0.0774. The number of ether oxygens (including phenoxy) is 2. The van der Waals surface area contributed by atoms with Crippen LogP contribution in [0.1, 0.15) is 21.7 Å². The van der Waals surface area contributed by atoms with E-state index >= 15 is 0 Å². The van der Waals surface area contributed by atoms with Crippen LogP contribution in [-0.2, 0) is 0 Å². The molecule has 0 bridgehead atoms. The predicted molar refractivity (Wildman–Crippen MR) is 108 cm³/mol. The van der Waals surface area contributed by atoms with Crippen LogP contribution in [0.25, 0.3) is 5.69 Å². The van der Waals surface area contributed by atoms with E-state index in [0.717, 1.165) is 28.6 Å². The molecule has 0 aliphatic rings. The Bertz CT molecular complexity index is 931. The third kappa shape index (κ3) is 4.52. The van der Waals surface area contributed by atoms with Crippen LogP contribution in [0.3, 0.4) is 0 Å². The number of amides is 1. The monoisotopic (exact) mass is 379 g/mol. The molecule has 0 aliphatic heterocycles. The smallest absolute Gasteiger partial charge is 0.253 e. The largest absolute Gasteiger partial charge is 0.497 e. The molecule has 146 valence electrons. The van der Waals surface area contributed by atoms with Crippen molar-refractivity contribution >= 4 is 5.91 Å². The van der Waals surface area contributed by atoms with Crippen LogP contribution in [0.15, 0.2) is 54.6 Å². The lowest BCUT2D eigenvalue weighted by Gasteiger charge is -2.18. The minimum Gasteiger partial charge on any atom is -0.497 e. The number of hydrogen-bond acceptors (Lipinski definition) is 4. The van der Waals surface area contributed by atoms with E-state index < -0.39 is 0 Å². The van der Waals surface area contributed by atoms with E-state index in [1.807, 2.05) is 73.1 Å². The van der Waals surface area contributed by atoms with Gasteiger partial charge in [-0.1, -0.05) is 0 Å². The fraction of sp³-hybridized carbons (Fsp3) is 0.273. The fourth-order valence-electron chi connectivity index (χ4n) is 2.93. The summed E-state index contributed by atoms with van der Waals surface area (Å²) in [6.07, 6.45) is 0. The average Bonchev–Trinajstić information content (AvgIpc) is 3.06. The summed E-state index contributed by atoms with van der Waals surface area (Å²) in [4.78, 5) is 14.3. The van der Waals surface area contributed by atoms with Crippen molar-refractivity contribution in [3.8, 4) is 17.2 Å². The molecule has 2 aromatic carbocycles. The first-order chi connectivity index (χ1) is 13.5. The van der Waals surface area contributed by atoms with Crippen LogP contribution in [0, 0.1) is 13.8 Å². The summed E-state index contributed by atoms with van der Waals surface area (Å²) in [5.74, 6) is 1.48. The van der Waals surface area contributed by atoms with Gasteiger partial charge in [0.15, 0.2) is 0 Å². The Morgan fingerprint density at radius 1 is 1.04 bits per heavy atom. The Balaban J connectivity index is 1.56. The third-order valence-corrected chi connectivity index (χ3v) is 4.47. The molecule has 0 saturated heterocycles. The van der Waals surface area contributed by atoms with Crippen molar-refractivity contribution in [3.63, 3.8) is 0 Å². The number of likely N-dealkylation sites (N-methyl/N-ethyl adjacent to an activating group) is 1. The van der Waals surface area contributed by atoms with Gasteiger partial charge in [0.1, 0.15) is 18.1 Å². The predicted octanol–water partition coefficient (Wildman–Crippen LogP) is 3.65. The van der Waals surface area contributed by atoms with E-state index in [4.69, 9.17) is 9.47 Å². The number of carbonyl (C=O) groups excluding carboxylic acids is 1. The maximum absolute atomic E-state index is 12.6. The normalized spacial score (nSPS) is 10.6. The second-order valence-corrected chi connectivity index (χ2v) is 6.64. The zero-order valence-corrected chi connectivity index (χ0v) is 16.7. The number of methoxy groups -OCH3 is 1. The van der Waals surface area contributed by atoms with Gasteiger partial charge in [0, 0.05) is 18.3 Å². The summed E-state index contributed by atoms with van der Waals surface area (Å²) in [7, 11) is 3.40. The first-order valence-corrected chi connectivity index (χ1v) is 9.14. The number of rotatable bonds is 7. The number of hydrogen-bond donors (Lipinski definition) is 0. The SMILES string of the molecule is COc1ccc(OCCN(C)C(=O)c2ccc(-n3nc(C)cc3C)cc2)cc1. The lowest BCUT2D eigenvalue weighted by atomic mass is 10.2. The lowest BCUT2D eigenvalue weighted by Crippen LogP contribution is -2.30. The Kier molecular flexibility index (Phi) is 5.99. The summed E-state index contributed by atoms with van der Waals surface area (Å²) in [6, 6.07) is 16.9. The highest BCUT2D eigenvalue weighted by Crippen LogP contribution is 2.17. The van der Waals surface area contributed by atoms with Gasteiger partial charge in [-0.05, 0) is 68.4 Å². The summed E-state index contributed by atoms with van der Waals surface area (Å²) in [6.45, 7) is 4.88. The Morgan fingerprint density at radius 2 is 1.68 bits per heavy atom. The van der Waals surface area contributed by atoms with Crippen LogP contribution < -0.4 is 9.47 Å². The van der Waals surface area contributed by atoms with Crippen LogP contribution in [0.2, 0.25) is 0 Å². The average molecular weight is 379 g/mol. The molecule has 1 aromatic heterocycles. The highest BCUT2D eigenvalue weighted by atomic mass is 16.5. The highest BCUT2D eigenvalue weighted by Gasteiger charge is 2.12. The van der Waals surface area contributed by atoms with E-state index in [-0.39, 0.29) is 5.91 Å². The molecule has 0 unspecified atom stereocenters. The quantitative estimate of drug-likeness (QED) is 0.629. The number of aromatic nitrogens is 2. The summed E-state index contributed by atoms with van der Waals surface area (Å²) >= 11 is 0. The molecule has 6 heteroatoms. The van der Waals surface area contributed by atoms with Gasteiger partial charge in [-0.15, -0.1) is 0 Å². The summed E-state index contributed by atoms with van der Waals surface area (Å²) in [5.41, 5.74) is 3.60. The van der Waals surface area contributed by atoms with E-state index in [1.54, 1.807) is 19.1 Å². The molecule has 3 aromatic rings. The molecular formula is C22H25N3O3. The molecule has 0 aliphatic carbocycles. The van der Waals surface area contributed by atoms with Gasteiger partial charge in [-0.2, -0.15) is 5.10 Å². The molecule has 0 N–H and O–H groups in total. The van der Waals surface area contributed by atoms with E-state index in [1.165, 1.54) is 0 Å². The summed E-state index contributed by atoms with van der Waals surface area (Å²) < 4.78 is 12.7. The molecule has 6 nitrogen and oxygen atoms in total. The van der Waals surface area contributed by atoms with Gasteiger partial charge < -0.3 is 14.4 Å². The molecular weight excluding hydrogens is 354 g/mol. The minimum atomic E-state index is -0.0433. The molecule has 1 amide bonds. The van der Waals surface area contributed by atoms with E-state index in [2.05, 4.69) is 5.10 Å². The van der Waals surface area contributed by atoms with Crippen LogP contribution in [-0.4, -0.2) is 47.9 Å². The standard InChI is InChI=1S/C22H25N3O3/c1-16-15-17(2)25(23-16)19-7-5-18(6-8-19)22(26)24(3)13-14-28-21-11-9-20(27-4)10-12-21/h5-12,15H,13-14H2,1-4H3. The molecule has 0 fully saturated rings. The topological polar surface area (TPSA) is 56.6 Å². The van der Waals surface area contributed by atoms with Crippen LogP contribution >= 0.6 is 0 Å². The number of nitrogens with zero attached hydrogens (tertiary/aromatic N) is 3. The van der Waals surface area contributed by atoms with Crippen LogP contribution in [0.5, 0.6) is 11.5 Å². The number of aryl methyl sites for hydroxylation is 2. The van der Waals surface area contributed by atoms with Gasteiger partial charge in [-0.25, -0.2) is 4.68 Å². The van der Waals surface area contributed by atoms with Crippen molar-refractivity contribution < 1.29 is 14.3 Å².